The Kier molecular flexibility index (Phi) is 2.16. The molecule has 5 nitrogen and oxygen atoms in total. The van der Waals surface area contributed by atoms with Crippen LogP contribution in [0.3, 0.4) is 0 Å². The number of nitrogens with zero attached hydrogens (tertiary/aromatic N) is 2. The molecule has 92 valence electrons. The zero-order chi connectivity index (χ0) is 12.9. The fraction of sp³-hybridized carbons (Fsp3) is 0.231. The Morgan fingerprint density at radius 1 is 1.33 bits per heavy atom. The molecule has 3 rings (SSSR count). The molecule has 0 bridgehead atoms. The Labute approximate surface area is 103 Å². The second-order valence-corrected chi connectivity index (χ2v) is 4.38. The highest BCUT2D eigenvalue weighted by atomic mass is 16.3. The molecule has 0 radical (unpaired) electrons. The standard InChI is InChI=1S/C13H13N3O2/c1-7-8(2)14-12-6-11(15-16(12)13(7)17)10-4-5-18-9(10)3/h4-6,15H,1-3H3. The summed E-state index contributed by atoms with van der Waals surface area (Å²) in [5.74, 6) is 0.808. The van der Waals surface area contributed by atoms with Gasteiger partial charge in [0, 0.05) is 22.9 Å². The summed E-state index contributed by atoms with van der Waals surface area (Å²) < 4.78 is 6.73. The largest absolute Gasteiger partial charge is 0.469 e. The predicted molar refractivity (Wildman–Crippen MR) is 67.7 cm³/mol. The molecule has 0 unspecified atom stereocenters. The number of fused-ring (bicyclic) bond motifs is 1. The summed E-state index contributed by atoms with van der Waals surface area (Å²) in [6.45, 7) is 5.50. The van der Waals surface area contributed by atoms with Crippen molar-refractivity contribution in [1.29, 1.82) is 0 Å². The van der Waals surface area contributed by atoms with Crippen molar-refractivity contribution in [3.8, 4) is 11.3 Å². The lowest BCUT2D eigenvalue weighted by Gasteiger charge is -1.98. The van der Waals surface area contributed by atoms with E-state index < -0.39 is 0 Å². The Morgan fingerprint density at radius 2 is 2.11 bits per heavy atom. The summed E-state index contributed by atoms with van der Waals surface area (Å²) in [6.07, 6.45) is 1.63. The van der Waals surface area contributed by atoms with Gasteiger partial charge in [0.2, 0.25) is 0 Å². The van der Waals surface area contributed by atoms with Gasteiger partial charge in [0.1, 0.15) is 5.76 Å². The fourth-order valence-corrected chi connectivity index (χ4v) is 2.02. The van der Waals surface area contributed by atoms with Crippen molar-refractivity contribution in [2.45, 2.75) is 20.8 Å². The predicted octanol–water partition coefficient (Wildman–Crippen LogP) is 2.21. The van der Waals surface area contributed by atoms with Gasteiger partial charge in [-0.3, -0.25) is 9.89 Å². The zero-order valence-corrected chi connectivity index (χ0v) is 10.4. The van der Waals surface area contributed by atoms with Crippen LogP contribution < -0.4 is 5.56 Å². The molecule has 3 aromatic heterocycles. The highest BCUT2D eigenvalue weighted by molar-refractivity contribution is 5.65. The van der Waals surface area contributed by atoms with E-state index in [1.165, 1.54) is 4.52 Å². The minimum atomic E-state index is -0.0649. The molecule has 0 fully saturated rings. The van der Waals surface area contributed by atoms with Crippen LogP contribution in [0.1, 0.15) is 17.0 Å². The van der Waals surface area contributed by atoms with Crippen LogP contribution in [0.4, 0.5) is 0 Å². The lowest BCUT2D eigenvalue weighted by Crippen LogP contribution is -2.19. The Bertz CT molecular complexity index is 792. The molecule has 0 aliphatic heterocycles. The Morgan fingerprint density at radius 3 is 2.78 bits per heavy atom. The van der Waals surface area contributed by atoms with E-state index in [2.05, 4.69) is 10.1 Å². The number of H-pyrrole nitrogens is 1. The van der Waals surface area contributed by atoms with Crippen molar-refractivity contribution in [2.75, 3.05) is 0 Å². The monoisotopic (exact) mass is 243 g/mol. The maximum absolute atomic E-state index is 12.1. The van der Waals surface area contributed by atoms with Crippen LogP contribution in [-0.4, -0.2) is 14.6 Å². The van der Waals surface area contributed by atoms with Gasteiger partial charge in [0.05, 0.1) is 12.0 Å². The summed E-state index contributed by atoms with van der Waals surface area (Å²) in [7, 11) is 0. The minimum Gasteiger partial charge on any atom is -0.469 e. The molecule has 3 aromatic rings. The van der Waals surface area contributed by atoms with Crippen molar-refractivity contribution in [2.24, 2.45) is 0 Å². The van der Waals surface area contributed by atoms with Crippen LogP contribution in [0, 0.1) is 20.8 Å². The topological polar surface area (TPSA) is 63.3 Å². The first-order valence-corrected chi connectivity index (χ1v) is 5.71. The van der Waals surface area contributed by atoms with Crippen LogP contribution in [0.25, 0.3) is 16.9 Å². The lowest BCUT2D eigenvalue weighted by atomic mass is 10.2. The fourth-order valence-electron chi connectivity index (χ4n) is 2.02. The lowest BCUT2D eigenvalue weighted by molar-refractivity contribution is 0.535. The third-order valence-corrected chi connectivity index (χ3v) is 3.23. The van der Waals surface area contributed by atoms with Gasteiger partial charge in [0.25, 0.3) is 5.56 Å². The van der Waals surface area contributed by atoms with E-state index in [0.717, 1.165) is 22.7 Å². The minimum absolute atomic E-state index is 0.0649. The molecule has 0 amide bonds. The van der Waals surface area contributed by atoms with Crippen molar-refractivity contribution in [1.82, 2.24) is 14.6 Å². The smallest absolute Gasteiger partial charge is 0.275 e. The van der Waals surface area contributed by atoms with Crippen molar-refractivity contribution in [3.05, 3.63) is 45.8 Å². The number of aromatic nitrogens is 3. The van der Waals surface area contributed by atoms with E-state index in [1.807, 2.05) is 26.0 Å². The maximum atomic E-state index is 12.1. The zero-order valence-electron chi connectivity index (χ0n) is 10.4. The first-order valence-electron chi connectivity index (χ1n) is 5.71. The van der Waals surface area contributed by atoms with Gasteiger partial charge in [-0.2, -0.15) is 0 Å². The second-order valence-electron chi connectivity index (χ2n) is 4.38. The van der Waals surface area contributed by atoms with Crippen LogP contribution >= 0.6 is 0 Å². The average Bonchev–Trinajstić information content (AvgIpc) is 2.92. The number of aryl methyl sites for hydroxylation is 2. The van der Waals surface area contributed by atoms with Gasteiger partial charge in [0.15, 0.2) is 5.65 Å². The van der Waals surface area contributed by atoms with Crippen LogP contribution in [0.2, 0.25) is 0 Å². The molecule has 0 aliphatic rings. The SMILES string of the molecule is Cc1nc2cc(-c3ccoc3C)[nH]n2c(=O)c1C. The summed E-state index contributed by atoms with van der Waals surface area (Å²) in [5, 5.41) is 3.06. The molecule has 0 saturated heterocycles. The summed E-state index contributed by atoms with van der Waals surface area (Å²) >= 11 is 0. The molecule has 0 spiro atoms. The van der Waals surface area contributed by atoms with Crippen LogP contribution in [0.5, 0.6) is 0 Å². The first kappa shape index (κ1) is 10.8. The molecule has 0 aliphatic carbocycles. The highest BCUT2D eigenvalue weighted by Gasteiger charge is 2.12. The summed E-state index contributed by atoms with van der Waals surface area (Å²) in [5.41, 5.74) is 3.74. The van der Waals surface area contributed by atoms with Crippen molar-refractivity contribution in [3.63, 3.8) is 0 Å². The van der Waals surface area contributed by atoms with E-state index in [4.69, 9.17) is 4.42 Å². The van der Waals surface area contributed by atoms with Crippen molar-refractivity contribution < 1.29 is 4.42 Å². The number of nitrogens with one attached hydrogen (secondary N) is 1. The Balaban J connectivity index is 2.33. The van der Waals surface area contributed by atoms with Gasteiger partial charge < -0.3 is 4.42 Å². The molecule has 0 aromatic carbocycles. The number of furan rings is 1. The average molecular weight is 243 g/mol. The maximum Gasteiger partial charge on any atom is 0.275 e. The highest BCUT2D eigenvalue weighted by Crippen LogP contribution is 2.23. The van der Waals surface area contributed by atoms with E-state index in [1.54, 1.807) is 13.2 Å². The van der Waals surface area contributed by atoms with Gasteiger partial charge in [-0.05, 0) is 26.8 Å². The molecule has 0 atom stereocenters. The summed E-state index contributed by atoms with van der Waals surface area (Å²) in [6, 6.07) is 3.72. The molecule has 18 heavy (non-hydrogen) atoms. The van der Waals surface area contributed by atoms with Gasteiger partial charge in [-0.25, -0.2) is 9.50 Å². The number of rotatable bonds is 1. The molecule has 3 heterocycles. The van der Waals surface area contributed by atoms with Gasteiger partial charge in [-0.15, -0.1) is 0 Å². The number of hydrogen-bond acceptors (Lipinski definition) is 3. The van der Waals surface area contributed by atoms with E-state index in [0.29, 0.717) is 11.2 Å². The first-order chi connectivity index (χ1) is 8.58. The van der Waals surface area contributed by atoms with E-state index >= 15 is 0 Å². The summed E-state index contributed by atoms with van der Waals surface area (Å²) in [4.78, 5) is 16.5. The third-order valence-electron chi connectivity index (χ3n) is 3.23. The third kappa shape index (κ3) is 1.40. The molecule has 5 heteroatoms. The van der Waals surface area contributed by atoms with Gasteiger partial charge >= 0.3 is 0 Å². The molecular formula is C13H13N3O2. The van der Waals surface area contributed by atoms with E-state index in [9.17, 15) is 4.79 Å². The van der Waals surface area contributed by atoms with Crippen LogP contribution in [-0.2, 0) is 0 Å². The van der Waals surface area contributed by atoms with Gasteiger partial charge in [-0.1, -0.05) is 0 Å². The van der Waals surface area contributed by atoms with E-state index in [-0.39, 0.29) is 5.56 Å². The van der Waals surface area contributed by atoms with Crippen molar-refractivity contribution >= 4 is 5.65 Å². The number of hydrogen-bond donors (Lipinski definition) is 1. The molecule has 1 N–H and O–H groups in total. The molecule has 0 saturated carbocycles. The normalized spacial score (nSPS) is 11.3. The van der Waals surface area contributed by atoms with Crippen LogP contribution in [0.15, 0.2) is 27.6 Å². The quantitative estimate of drug-likeness (QED) is 0.712. The number of aromatic amines is 1. The molecular weight excluding hydrogens is 230 g/mol. The second kappa shape index (κ2) is 3.60. The Hall–Kier alpha value is -2.30.